The number of hydrogen-bond acceptors (Lipinski definition) is 3. The molecule has 1 aliphatic heterocycles. The van der Waals surface area contributed by atoms with Crippen LogP contribution in [0.5, 0.6) is 0 Å². The zero-order chi connectivity index (χ0) is 17.7. The van der Waals surface area contributed by atoms with Crippen LogP contribution in [0.2, 0.25) is 0 Å². The smallest absolute Gasteiger partial charge is 0.108 e. The lowest BCUT2D eigenvalue weighted by Gasteiger charge is -2.58. The first-order valence-electron chi connectivity index (χ1n) is 11.2. The second-order valence-corrected chi connectivity index (χ2v) is 9.69. The summed E-state index contributed by atoms with van der Waals surface area (Å²) >= 11 is 0. The predicted molar refractivity (Wildman–Crippen MR) is 105 cm³/mol. The Morgan fingerprint density at radius 1 is 1.00 bits per heavy atom. The summed E-state index contributed by atoms with van der Waals surface area (Å²) in [7, 11) is 0. The van der Waals surface area contributed by atoms with Gasteiger partial charge in [-0.25, -0.2) is 4.98 Å². The summed E-state index contributed by atoms with van der Waals surface area (Å²) in [6.07, 6.45) is 12.9. The number of imidazole rings is 1. The van der Waals surface area contributed by atoms with E-state index >= 15 is 0 Å². The van der Waals surface area contributed by atoms with Crippen LogP contribution in [0, 0.1) is 23.7 Å². The van der Waals surface area contributed by atoms with E-state index in [1.54, 1.807) is 32.1 Å². The first kappa shape index (κ1) is 17.2. The second-order valence-electron chi connectivity index (χ2n) is 9.69. The van der Waals surface area contributed by atoms with E-state index in [1.807, 2.05) is 6.20 Å². The van der Waals surface area contributed by atoms with E-state index in [-0.39, 0.29) is 0 Å². The Bertz CT molecular complexity index is 587. The Morgan fingerprint density at radius 2 is 1.65 bits per heavy atom. The molecule has 1 atom stereocenters. The first-order chi connectivity index (χ1) is 12.7. The lowest BCUT2D eigenvalue weighted by atomic mass is 9.54. The highest BCUT2D eigenvalue weighted by atomic mass is 15.3. The van der Waals surface area contributed by atoms with Crippen LogP contribution in [0.4, 0.5) is 0 Å². The van der Waals surface area contributed by atoms with Crippen LogP contribution in [0.25, 0.3) is 0 Å². The van der Waals surface area contributed by atoms with E-state index in [0.717, 1.165) is 42.7 Å². The largest absolute Gasteiger partial charge is 0.333 e. The van der Waals surface area contributed by atoms with Crippen LogP contribution in [0.1, 0.15) is 51.8 Å². The van der Waals surface area contributed by atoms with Crippen LogP contribution in [-0.2, 0) is 13.0 Å². The predicted octanol–water partition coefficient (Wildman–Crippen LogP) is 3.28. The molecule has 0 N–H and O–H groups in total. The maximum absolute atomic E-state index is 4.48. The number of hydrogen-bond donors (Lipinski definition) is 0. The van der Waals surface area contributed by atoms with Crippen molar-refractivity contribution in [2.24, 2.45) is 23.7 Å². The van der Waals surface area contributed by atoms with Gasteiger partial charge in [0.2, 0.25) is 0 Å². The van der Waals surface area contributed by atoms with Crippen molar-refractivity contribution >= 4 is 0 Å². The average Bonchev–Trinajstić information content (AvgIpc) is 3.08. The van der Waals surface area contributed by atoms with Gasteiger partial charge in [-0.3, -0.25) is 9.80 Å². The molecule has 5 fully saturated rings. The fourth-order valence-electron chi connectivity index (χ4n) is 7.19. The van der Waals surface area contributed by atoms with Crippen LogP contribution >= 0.6 is 0 Å². The molecule has 26 heavy (non-hydrogen) atoms. The molecule has 0 aromatic carbocycles. The average molecular weight is 357 g/mol. The Hall–Kier alpha value is -0.870. The molecule has 1 saturated heterocycles. The van der Waals surface area contributed by atoms with E-state index < -0.39 is 0 Å². The van der Waals surface area contributed by atoms with Crippen LogP contribution in [0.15, 0.2) is 12.4 Å². The van der Waals surface area contributed by atoms with Gasteiger partial charge in [0.1, 0.15) is 5.82 Å². The van der Waals surface area contributed by atoms with Gasteiger partial charge in [0, 0.05) is 63.6 Å². The van der Waals surface area contributed by atoms with E-state index in [2.05, 4.69) is 39.4 Å². The van der Waals surface area contributed by atoms with E-state index in [4.69, 9.17) is 0 Å². The van der Waals surface area contributed by atoms with E-state index in [1.165, 1.54) is 32.0 Å². The van der Waals surface area contributed by atoms with Gasteiger partial charge in [-0.2, -0.15) is 0 Å². The summed E-state index contributed by atoms with van der Waals surface area (Å²) in [5.41, 5.74) is 0. The minimum absolute atomic E-state index is 0.607. The highest BCUT2D eigenvalue weighted by Gasteiger charge is 2.50. The van der Waals surface area contributed by atoms with Crippen LogP contribution in [0.3, 0.4) is 0 Å². The van der Waals surface area contributed by atoms with Crippen LogP contribution < -0.4 is 0 Å². The lowest BCUT2D eigenvalue weighted by Crippen LogP contribution is -2.61. The molecule has 0 radical (unpaired) electrons. The molecule has 4 aliphatic carbocycles. The Kier molecular flexibility index (Phi) is 4.60. The minimum atomic E-state index is 0.607. The van der Waals surface area contributed by atoms with Gasteiger partial charge in [0.05, 0.1) is 0 Å². The molecule has 0 amide bonds. The number of aromatic nitrogens is 2. The first-order valence-corrected chi connectivity index (χ1v) is 11.2. The number of aryl methyl sites for hydroxylation is 1. The standard InChI is InChI=1S/C22H36N4/c1-3-21-23-4-5-26(21)15-16(2)24-6-8-25(9-7-24)22-19-11-17-10-18(13-19)14-20(22)12-17/h4-5,16-20,22H,3,6-15H2,1-2H3. The quantitative estimate of drug-likeness (QED) is 0.809. The monoisotopic (exact) mass is 356 g/mol. The van der Waals surface area contributed by atoms with Gasteiger partial charge < -0.3 is 4.57 Å². The lowest BCUT2D eigenvalue weighted by molar-refractivity contribution is -0.0790. The molecule has 4 nitrogen and oxygen atoms in total. The summed E-state index contributed by atoms with van der Waals surface area (Å²) in [5, 5.41) is 0. The third kappa shape index (κ3) is 3.03. The van der Waals surface area contributed by atoms with Gasteiger partial charge in [-0.1, -0.05) is 6.92 Å². The van der Waals surface area contributed by atoms with Gasteiger partial charge >= 0.3 is 0 Å². The molecule has 2 heterocycles. The van der Waals surface area contributed by atoms with Crippen LogP contribution in [-0.4, -0.2) is 57.6 Å². The van der Waals surface area contributed by atoms with Crippen molar-refractivity contribution in [1.29, 1.82) is 0 Å². The van der Waals surface area contributed by atoms with Gasteiger partial charge in [-0.15, -0.1) is 0 Å². The summed E-state index contributed by atoms with van der Waals surface area (Å²) in [5.74, 6) is 5.49. The number of nitrogens with zero attached hydrogens (tertiary/aromatic N) is 4. The highest BCUT2D eigenvalue weighted by Crippen LogP contribution is 2.55. The van der Waals surface area contributed by atoms with Gasteiger partial charge in [-0.05, 0) is 62.7 Å². The Balaban J connectivity index is 1.17. The molecular weight excluding hydrogens is 320 g/mol. The summed E-state index contributed by atoms with van der Waals surface area (Å²) in [6.45, 7) is 10.8. The number of rotatable bonds is 5. The zero-order valence-electron chi connectivity index (χ0n) is 16.7. The molecule has 4 bridgehead atoms. The fourth-order valence-corrected chi connectivity index (χ4v) is 7.19. The third-order valence-corrected chi connectivity index (χ3v) is 8.15. The molecule has 1 aromatic rings. The fraction of sp³-hybridized carbons (Fsp3) is 0.864. The molecule has 144 valence electrons. The summed E-state index contributed by atoms with van der Waals surface area (Å²) < 4.78 is 2.36. The number of piperazine rings is 1. The topological polar surface area (TPSA) is 24.3 Å². The minimum Gasteiger partial charge on any atom is -0.333 e. The molecule has 0 spiro atoms. The summed E-state index contributed by atoms with van der Waals surface area (Å²) in [4.78, 5) is 10.1. The maximum atomic E-state index is 4.48. The molecule has 4 heteroatoms. The zero-order valence-corrected chi connectivity index (χ0v) is 16.7. The molecule has 6 rings (SSSR count). The summed E-state index contributed by atoms with van der Waals surface area (Å²) in [6, 6.07) is 1.54. The highest BCUT2D eigenvalue weighted by molar-refractivity contribution is 5.03. The van der Waals surface area contributed by atoms with E-state index in [0.29, 0.717) is 6.04 Å². The van der Waals surface area contributed by atoms with Crippen molar-refractivity contribution in [3.05, 3.63) is 18.2 Å². The maximum Gasteiger partial charge on any atom is 0.108 e. The molecule has 1 aromatic heterocycles. The molecule has 4 saturated carbocycles. The normalized spacial score (nSPS) is 38.8. The van der Waals surface area contributed by atoms with Crippen molar-refractivity contribution in [2.75, 3.05) is 26.2 Å². The van der Waals surface area contributed by atoms with Gasteiger partial charge in [0.15, 0.2) is 0 Å². The Morgan fingerprint density at radius 3 is 2.27 bits per heavy atom. The molecule has 1 unspecified atom stereocenters. The van der Waals surface area contributed by atoms with Crippen molar-refractivity contribution in [2.45, 2.75) is 71.0 Å². The SMILES string of the molecule is CCc1nccn1CC(C)N1CCN(C2C3CC4CC(C3)CC2C4)CC1. The third-order valence-electron chi connectivity index (χ3n) is 8.15. The van der Waals surface area contributed by atoms with Gasteiger partial charge in [0.25, 0.3) is 0 Å². The Labute approximate surface area is 159 Å². The van der Waals surface area contributed by atoms with Crippen molar-refractivity contribution in [3.63, 3.8) is 0 Å². The second kappa shape index (κ2) is 6.94. The van der Waals surface area contributed by atoms with Crippen molar-refractivity contribution < 1.29 is 0 Å². The van der Waals surface area contributed by atoms with Crippen molar-refractivity contribution in [3.8, 4) is 0 Å². The van der Waals surface area contributed by atoms with Crippen molar-refractivity contribution in [1.82, 2.24) is 19.4 Å². The molecule has 5 aliphatic rings. The molecular formula is C22H36N4. The van der Waals surface area contributed by atoms with E-state index in [9.17, 15) is 0 Å².